The number of piperazine rings is 1. The molecule has 0 amide bonds. The number of rotatable bonds is 1. The largest absolute Gasteiger partial charge is 0.369 e. The number of anilines is 1. The van der Waals surface area contributed by atoms with E-state index < -0.39 is 0 Å². The molecule has 1 heterocycles. The lowest BCUT2D eigenvalue weighted by atomic mass is 10.0. The third kappa shape index (κ3) is 4.74. The van der Waals surface area contributed by atoms with Gasteiger partial charge in [0.1, 0.15) is 5.82 Å². The summed E-state index contributed by atoms with van der Waals surface area (Å²) in [7, 11) is 0. The SMILES string of the molecule is CC.CC(C)(C)N1CCN(c2cc(F)cc(Br)c2)CC1. The van der Waals surface area contributed by atoms with E-state index >= 15 is 0 Å². The van der Waals surface area contributed by atoms with Crippen molar-refractivity contribution in [2.45, 2.75) is 40.2 Å². The Bertz CT molecular complexity index is 401. The maximum absolute atomic E-state index is 13.4. The molecule has 1 fully saturated rings. The summed E-state index contributed by atoms with van der Waals surface area (Å²) in [6.07, 6.45) is 0. The molecule has 0 aromatic heterocycles. The number of benzene rings is 1. The lowest BCUT2D eigenvalue weighted by Gasteiger charge is -2.43. The first-order chi connectivity index (χ1) is 9.36. The van der Waals surface area contributed by atoms with Gasteiger partial charge in [-0.3, -0.25) is 4.90 Å². The van der Waals surface area contributed by atoms with Gasteiger partial charge in [-0.2, -0.15) is 0 Å². The Morgan fingerprint density at radius 3 is 2.00 bits per heavy atom. The molecule has 1 aromatic rings. The van der Waals surface area contributed by atoms with Gasteiger partial charge in [0, 0.05) is 41.9 Å². The highest BCUT2D eigenvalue weighted by atomic mass is 79.9. The van der Waals surface area contributed by atoms with Gasteiger partial charge in [0.05, 0.1) is 0 Å². The minimum absolute atomic E-state index is 0.183. The predicted octanol–water partition coefficient (Wildman–Crippen LogP) is 4.53. The Hall–Kier alpha value is -0.610. The van der Waals surface area contributed by atoms with Crippen LogP contribution >= 0.6 is 15.9 Å². The number of nitrogens with zero attached hydrogens (tertiary/aromatic N) is 2. The molecule has 4 heteroatoms. The summed E-state index contributed by atoms with van der Waals surface area (Å²) in [6.45, 7) is 14.7. The standard InChI is InChI=1S/C14H20BrFN2.C2H6/c1-14(2,3)18-6-4-17(5-7-18)13-9-11(15)8-12(16)10-13;1-2/h8-10H,4-7H2,1-3H3;1-2H3. The van der Waals surface area contributed by atoms with E-state index in [9.17, 15) is 4.39 Å². The van der Waals surface area contributed by atoms with Gasteiger partial charge in [-0.25, -0.2) is 4.39 Å². The Kier molecular flexibility index (Phi) is 6.46. The molecule has 1 aromatic carbocycles. The van der Waals surface area contributed by atoms with E-state index in [-0.39, 0.29) is 11.4 Å². The van der Waals surface area contributed by atoms with Gasteiger partial charge in [0.2, 0.25) is 0 Å². The van der Waals surface area contributed by atoms with Crippen molar-refractivity contribution in [3.8, 4) is 0 Å². The first-order valence-corrected chi connectivity index (χ1v) is 8.12. The molecule has 0 aliphatic carbocycles. The lowest BCUT2D eigenvalue weighted by molar-refractivity contribution is 0.128. The topological polar surface area (TPSA) is 6.48 Å². The third-order valence-electron chi connectivity index (χ3n) is 3.44. The molecular weight excluding hydrogens is 319 g/mol. The highest BCUT2D eigenvalue weighted by molar-refractivity contribution is 9.10. The lowest BCUT2D eigenvalue weighted by Crippen LogP contribution is -2.53. The Morgan fingerprint density at radius 2 is 1.55 bits per heavy atom. The molecule has 2 rings (SSSR count). The molecule has 0 bridgehead atoms. The van der Waals surface area contributed by atoms with Crippen LogP contribution in [0.5, 0.6) is 0 Å². The van der Waals surface area contributed by atoms with Gasteiger partial charge in [-0.05, 0) is 39.0 Å². The predicted molar refractivity (Wildman–Crippen MR) is 89.0 cm³/mol. The molecule has 2 nitrogen and oxygen atoms in total. The van der Waals surface area contributed by atoms with Gasteiger partial charge < -0.3 is 4.90 Å². The molecule has 0 atom stereocenters. The van der Waals surface area contributed by atoms with Crippen LogP contribution in [0.2, 0.25) is 0 Å². The minimum Gasteiger partial charge on any atom is -0.369 e. The van der Waals surface area contributed by atoms with Crippen molar-refractivity contribution in [3.63, 3.8) is 0 Å². The zero-order chi connectivity index (χ0) is 15.3. The first kappa shape index (κ1) is 17.4. The Labute approximate surface area is 131 Å². The summed E-state index contributed by atoms with van der Waals surface area (Å²) >= 11 is 3.35. The van der Waals surface area contributed by atoms with E-state index in [4.69, 9.17) is 0 Å². The van der Waals surface area contributed by atoms with Gasteiger partial charge in [-0.15, -0.1) is 0 Å². The van der Waals surface area contributed by atoms with Crippen molar-refractivity contribution in [2.24, 2.45) is 0 Å². The van der Waals surface area contributed by atoms with Crippen LogP contribution in [0.1, 0.15) is 34.6 Å². The zero-order valence-corrected chi connectivity index (χ0v) is 14.8. The fourth-order valence-electron chi connectivity index (χ4n) is 2.36. The molecule has 20 heavy (non-hydrogen) atoms. The highest BCUT2D eigenvalue weighted by Gasteiger charge is 2.25. The van der Waals surface area contributed by atoms with E-state index in [1.54, 1.807) is 6.07 Å². The summed E-state index contributed by atoms with van der Waals surface area (Å²) in [6, 6.07) is 5.09. The molecule has 0 spiro atoms. The van der Waals surface area contributed by atoms with Crippen molar-refractivity contribution in [3.05, 3.63) is 28.5 Å². The van der Waals surface area contributed by atoms with Gasteiger partial charge in [0.25, 0.3) is 0 Å². The Morgan fingerprint density at radius 1 is 1.00 bits per heavy atom. The second-order valence-corrected chi connectivity index (χ2v) is 6.69. The van der Waals surface area contributed by atoms with Crippen LogP contribution in [-0.2, 0) is 0 Å². The van der Waals surface area contributed by atoms with Crippen LogP contribution in [0.25, 0.3) is 0 Å². The van der Waals surface area contributed by atoms with Crippen LogP contribution in [0.4, 0.5) is 10.1 Å². The molecule has 0 radical (unpaired) electrons. The second-order valence-electron chi connectivity index (χ2n) is 5.77. The van der Waals surface area contributed by atoms with Crippen LogP contribution < -0.4 is 4.90 Å². The fraction of sp³-hybridized carbons (Fsp3) is 0.625. The molecule has 1 aliphatic heterocycles. The number of hydrogen-bond donors (Lipinski definition) is 0. The van der Waals surface area contributed by atoms with Crippen LogP contribution in [0.3, 0.4) is 0 Å². The van der Waals surface area contributed by atoms with E-state index in [1.165, 1.54) is 6.07 Å². The molecule has 114 valence electrons. The van der Waals surface area contributed by atoms with E-state index in [0.29, 0.717) is 0 Å². The summed E-state index contributed by atoms with van der Waals surface area (Å²) in [4.78, 5) is 4.72. The van der Waals surface area contributed by atoms with Crippen LogP contribution in [-0.4, -0.2) is 36.6 Å². The molecular formula is C16H26BrFN2. The van der Waals surface area contributed by atoms with Crippen LogP contribution in [0, 0.1) is 5.82 Å². The molecule has 0 unspecified atom stereocenters. The first-order valence-electron chi connectivity index (χ1n) is 7.32. The minimum atomic E-state index is -0.183. The van der Waals surface area contributed by atoms with E-state index in [2.05, 4.69) is 46.5 Å². The van der Waals surface area contributed by atoms with Gasteiger partial charge >= 0.3 is 0 Å². The quantitative estimate of drug-likeness (QED) is 0.738. The van der Waals surface area contributed by atoms with Gasteiger partial charge in [-0.1, -0.05) is 29.8 Å². The molecule has 0 N–H and O–H groups in total. The maximum Gasteiger partial charge on any atom is 0.126 e. The smallest absolute Gasteiger partial charge is 0.126 e. The number of hydrogen-bond acceptors (Lipinski definition) is 2. The molecule has 1 saturated heterocycles. The van der Waals surface area contributed by atoms with Crippen molar-refractivity contribution >= 4 is 21.6 Å². The fourth-order valence-corrected chi connectivity index (χ4v) is 2.81. The number of halogens is 2. The average molecular weight is 345 g/mol. The van der Waals surface area contributed by atoms with E-state index in [0.717, 1.165) is 36.3 Å². The van der Waals surface area contributed by atoms with E-state index in [1.807, 2.05) is 19.9 Å². The monoisotopic (exact) mass is 344 g/mol. The summed E-state index contributed by atoms with van der Waals surface area (Å²) in [5.74, 6) is -0.183. The van der Waals surface area contributed by atoms with Crippen LogP contribution in [0.15, 0.2) is 22.7 Å². The van der Waals surface area contributed by atoms with Gasteiger partial charge in [0.15, 0.2) is 0 Å². The third-order valence-corrected chi connectivity index (χ3v) is 3.90. The Balaban J connectivity index is 0.000000956. The van der Waals surface area contributed by atoms with Crippen molar-refractivity contribution < 1.29 is 4.39 Å². The highest BCUT2D eigenvalue weighted by Crippen LogP contribution is 2.24. The zero-order valence-electron chi connectivity index (χ0n) is 13.2. The molecule has 1 aliphatic rings. The van der Waals surface area contributed by atoms with Crippen molar-refractivity contribution in [1.29, 1.82) is 0 Å². The molecule has 0 saturated carbocycles. The summed E-state index contributed by atoms with van der Waals surface area (Å²) in [5.41, 5.74) is 1.18. The summed E-state index contributed by atoms with van der Waals surface area (Å²) in [5, 5.41) is 0. The normalized spacial score (nSPS) is 16.6. The van der Waals surface area contributed by atoms with Crippen molar-refractivity contribution in [2.75, 3.05) is 31.1 Å². The second kappa shape index (κ2) is 7.41. The summed E-state index contributed by atoms with van der Waals surface area (Å²) < 4.78 is 14.2. The van der Waals surface area contributed by atoms with Crippen molar-refractivity contribution in [1.82, 2.24) is 4.90 Å². The maximum atomic E-state index is 13.4. The average Bonchev–Trinajstić information content (AvgIpc) is 2.39.